The van der Waals surface area contributed by atoms with Crippen molar-refractivity contribution in [1.29, 1.82) is 0 Å². The van der Waals surface area contributed by atoms with Crippen molar-refractivity contribution in [2.45, 2.75) is 6.04 Å². The molecule has 0 bridgehead atoms. The molecule has 1 atom stereocenters. The second kappa shape index (κ2) is 4.45. The summed E-state index contributed by atoms with van der Waals surface area (Å²) in [4.78, 5) is 14.0. The van der Waals surface area contributed by atoms with Crippen LogP contribution >= 0.6 is 15.9 Å². The lowest BCUT2D eigenvalue weighted by molar-refractivity contribution is -0.385. The summed E-state index contributed by atoms with van der Waals surface area (Å²) in [5.74, 6) is 0. The van der Waals surface area contributed by atoms with Gasteiger partial charge in [-0.25, -0.2) is 4.98 Å². The lowest BCUT2D eigenvalue weighted by Crippen LogP contribution is -2.22. The van der Waals surface area contributed by atoms with Crippen molar-refractivity contribution in [2.75, 3.05) is 6.54 Å². The molecule has 6 nitrogen and oxygen atoms in total. The Hall–Kier alpha value is -1.05. The van der Waals surface area contributed by atoms with Gasteiger partial charge in [0, 0.05) is 18.7 Å². The number of rotatable bonds is 3. The van der Waals surface area contributed by atoms with Gasteiger partial charge in [0.1, 0.15) is 4.60 Å². The number of nitrogens with two attached hydrogens (primary N) is 2. The minimum atomic E-state index is -0.501. The number of aromatic nitrogens is 1. The average molecular weight is 261 g/mol. The van der Waals surface area contributed by atoms with Gasteiger partial charge in [-0.2, -0.15) is 0 Å². The third-order valence-electron chi connectivity index (χ3n) is 1.64. The van der Waals surface area contributed by atoms with Crippen molar-refractivity contribution in [3.63, 3.8) is 0 Å². The first-order valence-corrected chi connectivity index (χ1v) is 4.61. The maximum Gasteiger partial charge on any atom is 0.274 e. The predicted octanol–water partition coefficient (Wildman–Crippen LogP) is 0.711. The van der Waals surface area contributed by atoms with E-state index in [1.54, 1.807) is 0 Å². The Kier molecular flexibility index (Phi) is 3.50. The van der Waals surface area contributed by atoms with Gasteiger partial charge in [0.25, 0.3) is 5.69 Å². The Bertz CT molecular complexity index is 358. The Labute approximate surface area is 88.6 Å². The van der Waals surface area contributed by atoms with Gasteiger partial charge in [-0.15, -0.1) is 0 Å². The van der Waals surface area contributed by atoms with Crippen LogP contribution in [0.3, 0.4) is 0 Å². The maximum atomic E-state index is 10.5. The minimum Gasteiger partial charge on any atom is -0.329 e. The third-order valence-corrected chi connectivity index (χ3v) is 2.05. The number of pyridine rings is 1. The number of hydrogen-bond donors (Lipinski definition) is 2. The molecule has 0 radical (unpaired) electrons. The van der Waals surface area contributed by atoms with Crippen LogP contribution in [-0.2, 0) is 0 Å². The van der Waals surface area contributed by atoms with Gasteiger partial charge in [-0.05, 0) is 15.9 Å². The first-order chi connectivity index (χ1) is 6.54. The minimum absolute atomic E-state index is 0.0502. The molecule has 0 saturated carbocycles. The lowest BCUT2D eigenvalue weighted by atomic mass is 10.2. The van der Waals surface area contributed by atoms with Crippen LogP contribution in [0.2, 0.25) is 0 Å². The summed E-state index contributed by atoms with van der Waals surface area (Å²) in [6.45, 7) is 0.195. The molecule has 7 heteroatoms. The number of nitrogens with zero attached hydrogens (tertiary/aromatic N) is 2. The molecular weight excluding hydrogens is 252 g/mol. The summed E-state index contributed by atoms with van der Waals surface area (Å²) in [5, 5.41) is 10.5. The summed E-state index contributed by atoms with van der Waals surface area (Å²) in [6, 6.07) is 2.15. The highest BCUT2D eigenvalue weighted by molar-refractivity contribution is 9.10. The van der Waals surface area contributed by atoms with Crippen molar-refractivity contribution in [2.24, 2.45) is 11.5 Å². The van der Waals surface area contributed by atoms with Gasteiger partial charge in [0.05, 0.1) is 16.7 Å². The second-order valence-electron chi connectivity index (χ2n) is 2.67. The van der Waals surface area contributed by atoms with Crippen LogP contribution in [0.5, 0.6) is 0 Å². The summed E-state index contributed by atoms with van der Waals surface area (Å²) < 4.78 is 0.380. The number of halogens is 1. The van der Waals surface area contributed by atoms with E-state index in [1.165, 1.54) is 12.1 Å². The van der Waals surface area contributed by atoms with Crippen molar-refractivity contribution in [3.05, 3.63) is 32.5 Å². The van der Waals surface area contributed by atoms with Gasteiger partial charge in [0.15, 0.2) is 0 Å². The highest BCUT2D eigenvalue weighted by Gasteiger charge is 2.13. The van der Waals surface area contributed by atoms with E-state index < -0.39 is 11.0 Å². The quantitative estimate of drug-likeness (QED) is 0.473. The molecule has 0 aromatic carbocycles. The zero-order valence-electron chi connectivity index (χ0n) is 7.18. The molecule has 1 rings (SSSR count). The topological polar surface area (TPSA) is 108 Å². The molecule has 0 aliphatic carbocycles. The number of hydrogen-bond acceptors (Lipinski definition) is 5. The SMILES string of the molecule is NCC(N)c1cc([N+](=O)[O-])cc(Br)n1. The molecule has 0 spiro atoms. The predicted molar refractivity (Wildman–Crippen MR) is 54.6 cm³/mol. The molecule has 1 unspecified atom stereocenters. The highest BCUT2D eigenvalue weighted by atomic mass is 79.9. The van der Waals surface area contributed by atoms with E-state index in [1.807, 2.05) is 0 Å². The molecule has 0 amide bonds. The highest BCUT2D eigenvalue weighted by Crippen LogP contribution is 2.20. The van der Waals surface area contributed by atoms with Gasteiger partial charge in [-0.3, -0.25) is 10.1 Å². The summed E-state index contributed by atoms with van der Waals surface area (Å²) >= 11 is 3.07. The first kappa shape index (κ1) is 11.0. The average Bonchev–Trinajstić information content (AvgIpc) is 2.15. The van der Waals surface area contributed by atoms with E-state index in [0.717, 1.165) is 0 Å². The van der Waals surface area contributed by atoms with Crippen molar-refractivity contribution in [3.8, 4) is 0 Å². The fourth-order valence-corrected chi connectivity index (χ4v) is 1.36. The van der Waals surface area contributed by atoms with Crippen LogP contribution in [0.4, 0.5) is 5.69 Å². The first-order valence-electron chi connectivity index (χ1n) is 3.82. The van der Waals surface area contributed by atoms with E-state index >= 15 is 0 Å². The van der Waals surface area contributed by atoms with Crippen LogP contribution in [0.1, 0.15) is 11.7 Å². The van der Waals surface area contributed by atoms with Crippen LogP contribution in [0, 0.1) is 10.1 Å². The molecule has 0 aliphatic heterocycles. The van der Waals surface area contributed by atoms with E-state index in [2.05, 4.69) is 20.9 Å². The molecule has 1 aromatic rings. The molecule has 14 heavy (non-hydrogen) atoms. The molecular formula is C7H9BrN4O2. The lowest BCUT2D eigenvalue weighted by Gasteiger charge is -2.07. The molecule has 1 aromatic heterocycles. The van der Waals surface area contributed by atoms with Gasteiger partial charge in [-0.1, -0.05) is 0 Å². The second-order valence-corrected chi connectivity index (χ2v) is 3.48. The normalized spacial score (nSPS) is 12.5. The van der Waals surface area contributed by atoms with E-state index in [0.29, 0.717) is 10.3 Å². The van der Waals surface area contributed by atoms with E-state index in [-0.39, 0.29) is 12.2 Å². The number of nitro groups is 1. The zero-order chi connectivity index (χ0) is 10.7. The van der Waals surface area contributed by atoms with Crippen LogP contribution in [0.25, 0.3) is 0 Å². The summed E-state index contributed by atoms with van der Waals surface area (Å²) in [5.41, 5.74) is 11.3. The fraction of sp³-hybridized carbons (Fsp3) is 0.286. The largest absolute Gasteiger partial charge is 0.329 e. The van der Waals surface area contributed by atoms with Crippen molar-refractivity contribution in [1.82, 2.24) is 4.98 Å². The van der Waals surface area contributed by atoms with E-state index in [9.17, 15) is 10.1 Å². The molecule has 0 saturated heterocycles. The Morgan fingerprint density at radius 3 is 2.79 bits per heavy atom. The monoisotopic (exact) mass is 260 g/mol. The Morgan fingerprint density at radius 2 is 2.29 bits per heavy atom. The molecule has 0 aliphatic rings. The molecule has 4 N–H and O–H groups in total. The van der Waals surface area contributed by atoms with E-state index in [4.69, 9.17) is 11.5 Å². The van der Waals surface area contributed by atoms with Crippen molar-refractivity contribution < 1.29 is 4.92 Å². The summed E-state index contributed by atoms with van der Waals surface area (Å²) in [7, 11) is 0. The Morgan fingerprint density at radius 1 is 1.64 bits per heavy atom. The van der Waals surface area contributed by atoms with Crippen LogP contribution in [-0.4, -0.2) is 16.5 Å². The van der Waals surface area contributed by atoms with Gasteiger partial charge >= 0.3 is 0 Å². The fourth-order valence-electron chi connectivity index (χ4n) is 0.919. The van der Waals surface area contributed by atoms with Crippen LogP contribution in [0.15, 0.2) is 16.7 Å². The van der Waals surface area contributed by atoms with Crippen molar-refractivity contribution >= 4 is 21.6 Å². The third kappa shape index (κ3) is 2.47. The molecule has 76 valence electrons. The molecule has 0 fully saturated rings. The smallest absolute Gasteiger partial charge is 0.274 e. The summed E-state index contributed by atoms with van der Waals surface area (Å²) in [6.07, 6.45) is 0. The van der Waals surface area contributed by atoms with Crippen LogP contribution < -0.4 is 11.5 Å². The standard InChI is InChI=1S/C7H9BrN4O2/c8-7-2-4(12(13)14)1-6(11-7)5(10)3-9/h1-2,5H,3,9-10H2. The van der Waals surface area contributed by atoms with Gasteiger partial charge in [0.2, 0.25) is 0 Å². The van der Waals surface area contributed by atoms with Gasteiger partial charge < -0.3 is 11.5 Å². The maximum absolute atomic E-state index is 10.5. The zero-order valence-corrected chi connectivity index (χ0v) is 8.77. The molecule has 1 heterocycles. The Balaban J connectivity index is 3.13.